The van der Waals surface area contributed by atoms with Gasteiger partial charge in [0.2, 0.25) is 0 Å². The Morgan fingerprint density at radius 1 is 0.250 bits per heavy atom. The largest absolute Gasteiger partial charge is 0.386 e. The SMILES string of the molecule is CC(C)c1cc(C(C)C)c([Si]2(c3c(C(C)C)cc(C(C)C)cc3C(C)C)OC34OCC5C3[Si](c3c(C(C)C)cc(C(C)C)cc3C(C)C)([Si]5(c3c(C(C)C)cc(C(C)C)cc3C(C)C)c3c(C(C)C)cc(C(C)C)cc3C(C)C)[Si]42c2c(C(C)C)cc(C(C)C)cc2C(C)C)c(C(C)C)c1. The lowest BCUT2D eigenvalue weighted by molar-refractivity contribution is -0.114. The van der Waals surface area contributed by atoms with Crippen molar-refractivity contribution in [2.45, 2.75) is 372 Å². The van der Waals surface area contributed by atoms with E-state index < -0.39 is 35.1 Å². The first-order valence-corrected chi connectivity index (χ1v) is 52.0. The molecule has 4 saturated heterocycles. The zero-order chi connectivity index (χ0) is 74.5. The van der Waals surface area contributed by atoms with Crippen LogP contribution in [0.2, 0.25) is 11.1 Å². The third-order valence-corrected chi connectivity index (χ3v) is 81.5. The fraction of sp³-hybridized carbons (Fsp3) is 0.617. The molecule has 4 aliphatic heterocycles. The van der Waals surface area contributed by atoms with E-state index in [2.05, 4.69) is 322 Å². The van der Waals surface area contributed by atoms with Crippen LogP contribution in [0.25, 0.3) is 0 Å². The fourth-order valence-corrected chi connectivity index (χ4v) is 112. The van der Waals surface area contributed by atoms with Crippen molar-refractivity contribution in [3.8, 4) is 0 Å². The molecule has 100 heavy (non-hydrogen) atoms. The number of hydrogen-bond acceptors (Lipinski definition) is 2. The third kappa shape index (κ3) is 11.2. The van der Waals surface area contributed by atoms with Gasteiger partial charge in [-0.2, -0.15) is 0 Å². The topological polar surface area (TPSA) is 18.5 Å². The van der Waals surface area contributed by atoms with Gasteiger partial charge >= 0.3 is 0 Å². The molecule has 0 amide bonds. The van der Waals surface area contributed by atoms with Crippen molar-refractivity contribution in [3.63, 3.8) is 0 Å². The normalized spacial score (nSPS) is 21.8. The fourth-order valence-electron chi connectivity index (χ4n) is 21.0. The van der Waals surface area contributed by atoms with Crippen LogP contribution in [0.3, 0.4) is 0 Å². The van der Waals surface area contributed by atoms with Gasteiger partial charge in [-0.05, 0) is 238 Å². The van der Waals surface area contributed by atoms with E-state index >= 15 is 0 Å². The Morgan fingerprint density at radius 3 is 0.640 bits per heavy atom. The number of ether oxygens (including phenoxy) is 1. The van der Waals surface area contributed by atoms with Gasteiger partial charge in [0.15, 0.2) is 7.11 Å². The molecule has 6 heteroatoms. The standard InChI is InChI=1S/C94H142O2Si4/c1-50(2)68-37-74(56(13)14)87(75(38-68)57(15)16)97(88-76(58(17)18)39-69(51(3)4)40-77(88)59(19)20)86-49-95-94-93(86)99(97,91-82(64(29)30)45-72(54(9)10)46-83(91)65(31)32)100(94,92-84(66(33)34)47-73(55(11)12)48-85(92)67(35)36)98(96-94,89-78(60(21)22)41-70(52(5)6)42-79(89)61(23)24)90-80(62(25)26)43-71(53(7)8)44-81(90)63(27)28/h37-48,50-67,86,93H,49H2,1-36H3. The lowest BCUT2D eigenvalue weighted by Crippen LogP contribution is -3.25. The van der Waals surface area contributed by atoms with Gasteiger partial charge in [0.1, 0.15) is 20.1 Å². The van der Waals surface area contributed by atoms with Gasteiger partial charge in [-0.3, -0.25) is 0 Å². The van der Waals surface area contributed by atoms with Crippen molar-refractivity contribution in [2.24, 2.45) is 0 Å². The van der Waals surface area contributed by atoms with Crippen molar-refractivity contribution in [3.05, 3.63) is 173 Å². The quantitative estimate of drug-likeness (QED) is 0.0562. The second-order valence-electron chi connectivity index (χ2n) is 38.4. The van der Waals surface area contributed by atoms with Gasteiger partial charge in [-0.25, -0.2) is 0 Å². The van der Waals surface area contributed by atoms with Gasteiger partial charge in [-0.15, -0.1) is 0 Å². The molecule has 5 unspecified atom stereocenters. The lowest BCUT2D eigenvalue weighted by Gasteiger charge is -2.92. The summed E-state index contributed by atoms with van der Waals surface area (Å²) < 4.78 is 19.0. The summed E-state index contributed by atoms with van der Waals surface area (Å²) in [4.78, 5) is 0. The van der Waals surface area contributed by atoms with Crippen molar-refractivity contribution < 1.29 is 9.16 Å². The molecule has 5 atom stereocenters. The van der Waals surface area contributed by atoms with Gasteiger partial charge in [0.25, 0.3) is 7.83 Å². The Hall–Kier alpha value is -3.89. The van der Waals surface area contributed by atoms with Crippen LogP contribution < -0.4 is 31.1 Å². The molecule has 0 saturated carbocycles. The lowest BCUT2D eigenvalue weighted by atomic mass is 9.89. The molecule has 6 aromatic rings. The van der Waals surface area contributed by atoms with Crippen molar-refractivity contribution in [1.82, 2.24) is 0 Å². The summed E-state index contributed by atoms with van der Waals surface area (Å²) in [7, 11) is -15.2. The van der Waals surface area contributed by atoms with Crippen LogP contribution in [0.15, 0.2) is 72.8 Å². The Balaban J connectivity index is 1.81. The number of rotatable bonds is 24. The second kappa shape index (κ2) is 28.1. The van der Waals surface area contributed by atoms with Crippen LogP contribution in [-0.2, 0) is 9.16 Å². The highest BCUT2D eigenvalue weighted by Gasteiger charge is 3.11. The predicted octanol–water partition coefficient (Wildman–Crippen LogP) is 24.2. The van der Waals surface area contributed by atoms with E-state index in [-0.39, 0.29) is 82.1 Å². The van der Waals surface area contributed by atoms with Crippen molar-refractivity contribution in [1.29, 1.82) is 0 Å². The molecule has 10 rings (SSSR count). The average Bonchev–Trinajstić information content (AvgIpc) is 1.08. The Morgan fingerprint density at radius 2 is 0.440 bits per heavy atom. The van der Waals surface area contributed by atoms with Crippen LogP contribution in [0.4, 0.5) is 0 Å². The summed E-state index contributed by atoms with van der Waals surface area (Å²) >= 11 is 0. The molecule has 2 nitrogen and oxygen atoms in total. The van der Waals surface area contributed by atoms with Gasteiger partial charge in [0.05, 0.1) is 6.61 Å². The van der Waals surface area contributed by atoms with E-state index in [9.17, 15) is 4.43 Å². The first-order valence-electron chi connectivity index (χ1n) is 40.9. The number of hydrogen-bond donors (Lipinski definition) is 0. The van der Waals surface area contributed by atoms with E-state index in [1.165, 1.54) is 33.4 Å². The summed E-state index contributed by atoms with van der Waals surface area (Å²) in [6.45, 7) is 93.3. The molecule has 1 spiro atoms. The Bertz CT molecular complexity index is 3720. The first kappa shape index (κ1) is 78.7. The summed E-state index contributed by atoms with van der Waals surface area (Å²) in [5, 5.41) is 10.8. The molecule has 4 aliphatic rings. The van der Waals surface area contributed by atoms with E-state index in [1.54, 1.807) is 77.1 Å². The summed E-state index contributed by atoms with van der Waals surface area (Å²) in [6.07, 6.45) is 0. The molecule has 0 N–H and O–H groups in total. The Kier molecular flexibility index (Phi) is 22.1. The molecular weight excluding hydrogens is 1270 g/mol. The highest BCUT2D eigenvalue weighted by molar-refractivity contribution is 8.00. The molecule has 546 valence electrons. The van der Waals surface area contributed by atoms with Gasteiger partial charge in [-0.1, -0.05) is 327 Å². The Labute approximate surface area is 617 Å². The number of benzene rings is 6. The van der Waals surface area contributed by atoms with E-state index in [0.29, 0.717) is 35.5 Å². The summed E-state index contributed by atoms with van der Waals surface area (Å²) in [5.41, 5.74) is 28.2. The predicted molar refractivity (Wildman–Crippen MR) is 450 cm³/mol. The third-order valence-electron chi connectivity index (χ3n) is 25.9. The van der Waals surface area contributed by atoms with Crippen LogP contribution >= 0.6 is 0 Å². The highest BCUT2D eigenvalue weighted by atomic mass is 29.8. The molecule has 4 fully saturated rings. The summed E-state index contributed by atoms with van der Waals surface area (Å²) in [5.74, 6) is 5.14. The van der Waals surface area contributed by atoms with Crippen LogP contribution in [0, 0.1) is 0 Å². The van der Waals surface area contributed by atoms with Gasteiger partial charge in [0, 0.05) is 5.54 Å². The number of fused-ring (bicyclic) bond motifs is 1. The molecule has 4 heterocycles. The second-order valence-corrected chi connectivity index (χ2v) is 66.5. The molecule has 0 bridgehead atoms. The molecule has 6 aromatic carbocycles. The van der Waals surface area contributed by atoms with E-state index in [1.807, 2.05) is 20.7 Å². The first-order chi connectivity index (χ1) is 46.5. The molecular formula is C94H142O2Si4. The van der Waals surface area contributed by atoms with E-state index in [4.69, 9.17) is 4.74 Å². The summed E-state index contributed by atoms with van der Waals surface area (Å²) in [6, 6.07) is 34.1. The minimum absolute atomic E-state index is 0.225. The highest BCUT2D eigenvalue weighted by Crippen LogP contribution is 2.85. The monoisotopic (exact) mass is 1420 g/mol. The zero-order valence-electron chi connectivity index (χ0n) is 70.5. The van der Waals surface area contributed by atoms with Crippen LogP contribution in [-0.4, -0.2) is 41.7 Å². The average molecular weight is 1420 g/mol. The zero-order valence-corrected chi connectivity index (χ0v) is 74.5. The minimum atomic E-state index is -4.02. The minimum Gasteiger partial charge on any atom is -0.386 e. The maximum Gasteiger partial charge on any atom is 0.254 e. The van der Waals surface area contributed by atoms with Crippen LogP contribution in [0.1, 0.15) is 456 Å². The van der Waals surface area contributed by atoms with E-state index in [0.717, 1.165) is 6.61 Å². The van der Waals surface area contributed by atoms with Crippen molar-refractivity contribution >= 4 is 60.8 Å². The molecule has 0 radical (unpaired) electrons. The smallest absolute Gasteiger partial charge is 0.254 e. The van der Waals surface area contributed by atoms with Gasteiger partial charge < -0.3 is 9.16 Å². The maximum atomic E-state index is 9.90. The van der Waals surface area contributed by atoms with Crippen molar-refractivity contribution in [2.75, 3.05) is 6.61 Å². The van der Waals surface area contributed by atoms with Crippen LogP contribution in [0.5, 0.6) is 0 Å². The molecule has 0 aromatic heterocycles. The maximum absolute atomic E-state index is 9.90. The molecule has 0 aliphatic carbocycles.